The van der Waals surface area contributed by atoms with Gasteiger partial charge in [0.1, 0.15) is 0 Å². The number of esters is 1. The Morgan fingerprint density at radius 1 is 1.58 bits per heavy atom. The number of rotatable bonds is 4. The third-order valence-corrected chi connectivity index (χ3v) is 3.33. The summed E-state index contributed by atoms with van der Waals surface area (Å²) in [6.45, 7) is 5.46. The molecule has 2 heterocycles. The lowest BCUT2D eigenvalue weighted by Crippen LogP contribution is -2.30. The molecule has 5 heteroatoms. The average molecular weight is 263 g/mol. The summed E-state index contributed by atoms with van der Waals surface area (Å²) in [7, 11) is 1.96. The molecule has 2 rings (SSSR count). The smallest absolute Gasteiger partial charge is 0.313 e. The summed E-state index contributed by atoms with van der Waals surface area (Å²) in [5, 5.41) is 3.26. The van der Waals surface area contributed by atoms with Crippen LogP contribution in [0.2, 0.25) is 0 Å². The van der Waals surface area contributed by atoms with Crippen LogP contribution in [0.1, 0.15) is 20.3 Å². The molecule has 0 spiro atoms. The highest BCUT2D eigenvalue weighted by atomic mass is 16.5. The molecule has 1 N–H and O–H groups in total. The first-order valence-corrected chi connectivity index (χ1v) is 6.70. The van der Waals surface area contributed by atoms with Crippen molar-refractivity contribution in [2.24, 2.45) is 5.92 Å². The normalized spacial score (nSPS) is 18.9. The number of nitrogens with zero attached hydrogens (tertiary/aromatic N) is 2. The standard InChI is InChI=1S/C14H21N3O2/c1-10(2)14(18)19-12-5-4-7-16-13(12)17-8-6-11(9-17)15-3/h4-5,7,10-11,15H,6,8-9H2,1-3H3/t11-/m0/s1. The van der Waals surface area contributed by atoms with Gasteiger partial charge in [0.25, 0.3) is 0 Å². The van der Waals surface area contributed by atoms with E-state index in [9.17, 15) is 4.79 Å². The van der Waals surface area contributed by atoms with Gasteiger partial charge in [0.2, 0.25) is 0 Å². The second-order valence-electron chi connectivity index (χ2n) is 5.12. The lowest BCUT2D eigenvalue weighted by atomic mass is 10.2. The Hall–Kier alpha value is -1.62. The van der Waals surface area contributed by atoms with Crippen molar-refractivity contribution in [3.05, 3.63) is 18.3 Å². The third-order valence-electron chi connectivity index (χ3n) is 3.33. The van der Waals surface area contributed by atoms with E-state index in [0.717, 1.165) is 25.3 Å². The van der Waals surface area contributed by atoms with Crippen LogP contribution in [0.5, 0.6) is 5.75 Å². The van der Waals surface area contributed by atoms with E-state index >= 15 is 0 Å². The molecule has 1 aliphatic rings. The molecule has 5 nitrogen and oxygen atoms in total. The molecular weight excluding hydrogens is 242 g/mol. The van der Waals surface area contributed by atoms with E-state index in [0.29, 0.717) is 11.8 Å². The Labute approximate surface area is 114 Å². The molecule has 1 fully saturated rings. The van der Waals surface area contributed by atoms with Crippen LogP contribution in [0.15, 0.2) is 18.3 Å². The highest BCUT2D eigenvalue weighted by Gasteiger charge is 2.25. The monoisotopic (exact) mass is 263 g/mol. The first-order chi connectivity index (χ1) is 9.11. The second kappa shape index (κ2) is 6.02. The van der Waals surface area contributed by atoms with Gasteiger partial charge in [0, 0.05) is 25.3 Å². The Morgan fingerprint density at radius 3 is 3.00 bits per heavy atom. The maximum atomic E-state index is 11.7. The van der Waals surface area contributed by atoms with Crippen LogP contribution in [0.25, 0.3) is 0 Å². The van der Waals surface area contributed by atoms with Crippen LogP contribution < -0.4 is 15.0 Å². The third kappa shape index (κ3) is 3.23. The molecule has 0 saturated carbocycles. The van der Waals surface area contributed by atoms with Crippen molar-refractivity contribution in [2.75, 3.05) is 25.0 Å². The van der Waals surface area contributed by atoms with Gasteiger partial charge in [-0.25, -0.2) is 4.98 Å². The van der Waals surface area contributed by atoms with Gasteiger partial charge in [-0.3, -0.25) is 4.79 Å². The zero-order valence-electron chi connectivity index (χ0n) is 11.7. The number of nitrogens with one attached hydrogen (secondary N) is 1. The maximum absolute atomic E-state index is 11.7. The van der Waals surface area contributed by atoms with Crippen molar-refractivity contribution in [1.29, 1.82) is 0 Å². The van der Waals surface area contributed by atoms with Crippen LogP contribution in [-0.4, -0.2) is 37.1 Å². The number of ether oxygens (including phenoxy) is 1. The number of anilines is 1. The van der Waals surface area contributed by atoms with E-state index in [-0.39, 0.29) is 11.9 Å². The summed E-state index contributed by atoms with van der Waals surface area (Å²) in [6.07, 6.45) is 2.80. The zero-order valence-corrected chi connectivity index (χ0v) is 11.7. The Balaban J connectivity index is 2.15. The predicted molar refractivity (Wildman–Crippen MR) is 74.4 cm³/mol. The van der Waals surface area contributed by atoms with Crippen LogP contribution in [0.3, 0.4) is 0 Å². The molecule has 0 aliphatic carbocycles. The summed E-state index contributed by atoms with van der Waals surface area (Å²) < 4.78 is 5.42. The minimum Gasteiger partial charge on any atom is -0.422 e. The van der Waals surface area contributed by atoms with Crippen LogP contribution in [-0.2, 0) is 4.79 Å². The Kier molecular flexibility index (Phi) is 4.37. The van der Waals surface area contributed by atoms with Gasteiger partial charge < -0.3 is 15.0 Å². The fourth-order valence-corrected chi connectivity index (χ4v) is 2.11. The number of aromatic nitrogens is 1. The quantitative estimate of drug-likeness (QED) is 0.833. The molecule has 1 aliphatic heterocycles. The molecule has 1 aromatic heterocycles. The highest BCUT2D eigenvalue weighted by Crippen LogP contribution is 2.28. The fourth-order valence-electron chi connectivity index (χ4n) is 2.11. The van der Waals surface area contributed by atoms with E-state index in [2.05, 4.69) is 15.2 Å². The predicted octanol–water partition coefficient (Wildman–Crippen LogP) is 1.44. The van der Waals surface area contributed by atoms with Crippen molar-refractivity contribution in [3.8, 4) is 5.75 Å². The molecule has 1 saturated heterocycles. The van der Waals surface area contributed by atoms with Gasteiger partial charge in [0.05, 0.1) is 5.92 Å². The summed E-state index contributed by atoms with van der Waals surface area (Å²) in [5.41, 5.74) is 0. The number of carbonyl (C=O) groups is 1. The maximum Gasteiger partial charge on any atom is 0.313 e. The number of hydrogen-bond acceptors (Lipinski definition) is 5. The van der Waals surface area contributed by atoms with Gasteiger partial charge in [0.15, 0.2) is 11.6 Å². The largest absolute Gasteiger partial charge is 0.422 e. The number of carbonyl (C=O) groups excluding carboxylic acids is 1. The molecule has 0 unspecified atom stereocenters. The lowest BCUT2D eigenvalue weighted by molar-refractivity contribution is -0.137. The van der Waals surface area contributed by atoms with E-state index in [4.69, 9.17) is 4.74 Å². The molecule has 1 aromatic rings. The highest BCUT2D eigenvalue weighted by molar-refractivity contribution is 5.76. The SMILES string of the molecule is CN[C@H]1CCN(c2ncccc2OC(=O)C(C)C)C1. The van der Waals surface area contributed by atoms with Crippen molar-refractivity contribution in [3.63, 3.8) is 0 Å². The van der Waals surface area contributed by atoms with Crippen molar-refractivity contribution in [1.82, 2.24) is 10.3 Å². The average Bonchev–Trinajstić information content (AvgIpc) is 2.88. The first kappa shape index (κ1) is 13.8. The number of likely N-dealkylation sites (N-methyl/N-ethyl adjacent to an activating group) is 1. The van der Waals surface area contributed by atoms with Gasteiger partial charge in [-0.05, 0) is 25.6 Å². The minimum atomic E-state index is -0.224. The summed E-state index contributed by atoms with van der Waals surface area (Å²) in [4.78, 5) is 18.2. The molecule has 0 radical (unpaired) electrons. The molecule has 0 amide bonds. The van der Waals surface area contributed by atoms with Crippen LogP contribution >= 0.6 is 0 Å². The second-order valence-corrected chi connectivity index (χ2v) is 5.12. The number of hydrogen-bond donors (Lipinski definition) is 1. The molecule has 0 aromatic carbocycles. The van der Waals surface area contributed by atoms with Crippen LogP contribution in [0, 0.1) is 5.92 Å². The van der Waals surface area contributed by atoms with E-state index < -0.39 is 0 Å². The van der Waals surface area contributed by atoms with Crippen molar-refractivity contribution in [2.45, 2.75) is 26.3 Å². The van der Waals surface area contributed by atoms with E-state index in [1.54, 1.807) is 18.3 Å². The van der Waals surface area contributed by atoms with Gasteiger partial charge in [-0.15, -0.1) is 0 Å². The Bertz CT molecular complexity index is 448. The first-order valence-electron chi connectivity index (χ1n) is 6.70. The molecule has 19 heavy (non-hydrogen) atoms. The van der Waals surface area contributed by atoms with Gasteiger partial charge in [-0.2, -0.15) is 0 Å². The summed E-state index contributed by atoms with van der Waals surface area (Å²) in [5.74, 6) is 0.947. The molecule has 104 valence electrons. The zero-order chi connectivity index (χ0) is 13.8. The van der Waals surface area contributed by atoms with Gasteiger partial charge >= 0.3 is 5.97 Å². The lowest BCUT2D eigenvalue weighted by Gasteiger charge is -2.20. The van der Waals surface area contributed by atoms with Crippen molar-refractivity contribution >= 4 is 11.8 Å². The van der Waals surface area contributed by atoms with E-state index in [1.807, 2.05) is 20.9 Å². The minimum absolute atomic E-state index is 0.142. The summed E-state index contributed by atoms with van der Waals surface area (Å²) in [6, 6.07) is 4.06. The topological polar surface area (TPSA) is 54.5 Å². The fraction of sp³-hybridized carbons (Fsp3) is 0.571. The number of pyridine rings is 1. The molecular formula is C14H21N3O2. The molecule has 0 bridgehead atoms. The van der Waals surface area contributed by atoms with Gasteiger partial charge in [-0.1, -0.05) is 13.8 Å². The van der Waals surface area contributed by atoms with Crippen LogP contribution in [0.4, 0.5) is 5.82 Å². The van der Waals surface area contributed by atoms with E-state index in [1.165, 1.54) is 0 Å². The van der Waals surface area contributed by atoms with Crippen molar-refractivity contribution < 1.29 is 9.53 Å². The Morgan fingerprint density at radius 2 is 2.37 bits per heavy atom. The summed E-state index contributed by atoms with van der Waals surface area (Å²) >= 11 is 0. The molecule has 1 atom stereocenters.